The van der Waals surface area contributed by atoms with E-state index in [2.05, 4.69) is 5.10 Å². The minimum absolute atomic E-state index is 0.000327. The number of aromatic nitrogens is 2. The van der Waals surface area contributed by atoms with E-state index in [1.54, 1.807) is 12.3 Å². The molecule has 0 amide bonds. The Kier molecular flexibility index (Phi) is 3.42. The van der Waals surface area contributed by atoms with Gasteiger partial charge in [-0.2, -0.15) is 5.10 Å². The Bertz CT molecular complexity index is 511. The highest BCUT2D eigenvalue weighted by Crippen LogP contribution is 2.12. The molecule has 4 heteroatoms. The Morgan fingerprint density at radius 1 is 1.41 bits per heavy atom. The molecule has 0 aromatic carbocycles. The molecule has 0 aliphatic heterocycles. The Labute approximate surface area is 100 Å². The number of furan rings is 1. The molecule has 0 spiro atoms. The number of hydrogen-bond acceptors (Lipinski definition) is 3. The highest BCUT2D eigenvalue weighted by Gasteiger charge is 2.12. The first-order valence-corrected chi connectivity index (χ1v) is 5.86. The summed E-state index contributed by atoms with van der Waals surface area (Å²) in [6.07, 6.45) is 4.77. The van der Waals surface area contributed by atoms with Crippen molar-refractivity contribution in [3.8, 4) is 0 Å². The highest BCUT2D eigenvalue weighted by atomic mass is 16.3. The van der Waals surface area contributed by atoms with E-state index in [9.17, 15) is 4.79 Å². The molecule has 0 N–H and O–H groups in total. The Morgan fingerprint density at radius 2 is 2.24 bits per heavy atom. The second kappa shape index (κ2) is 4.99. The zero-order chi connectivity index (χ0) is 12.3. The molecule has 0 saturated carbocycles. The number of nitrogens with zero attached hydrogens (tertiary/aromatic N) is 2. The van der Waals surface area contributed by atoms with E-state index in [4.69, 9.17) is 4.42 Å². The fourth-order valence-corrected chi connectivity index (χ4v) is 1.66. The molecule has 0 fully saturated rings. The van der Waals surface area contributed by atoms with Crippen molar-refractivity contribution in [1.29, 1.82) is 0 Å². The number of Topliss-reactive ketones (excluding diaryl/α,β-unsaturated/α-hetero) is 1. The Morgan fingerprint density at radius 3 is 2.82 bits per heavy atom. The zero-order valence-electron chi connectivity index (χ0n) is 10.1. The minimum atomic E-state index is 0.000327. The van der Waals surface area contributed by atoms with Gasteiger partial charge >= 0.3 is 0 Å². The van der Waals surface area contributed by atoms with Gasteiger partial charge in [0.2, 0.25) is 5.78 Å². The van der Waals surface area contributed by atoms with E-state index in [0.717, 1.165) is 24.3 Å². The molecule has 0 aliphatic carbocycles. The normalized spacial score (nSPS) is 10.7. The second-order valence-corrected chi connectivity index (χ2v) is 3.92. The predicted molar refractivity (Wildman–Crippen MR) is 64.0 cm³/mol. The van der Waals surface area contributed by atoms with Crippen molar-refractivity contribution in [1.82, 2.24) is 9.78 Å². The Hall–Kier alpha value is -1.84. The van der Waals surface area contributed by atoms with Crippen LogP contribution in [0.15, 0.2) is 28.9 Å². The standard InChI is InChI=1S/C13H16N2O2/c1-3-11-5-6-13(17-11)12(16)7-10-8-14-15(4-2)9-10/h5-6,8-9H,3-4,7H2,1-2H3. The molecule has 0 atom stereocenters. The first-order valence-electron chi connectivity index (χ1n) is 5.86. The average molecular weight is 232 g/mol. The maximum atomic E-state index is 11.9. The van der Waals surface area contributed by atoms with Crippen LogP contribution in [-0.2, 0) is 19.4 Å². The van der Waals surface area contributed by atoms with Crippen molar-refractivity contribution in [3.63, 3.8) is 0 Å². The molecule has 0 radical (unpaired) electrons. The van der Waals surface area contributed by atoms with Crippen molar-refractivity contribution in [2.45, 2.75) is 33.2 Å². The molecule has 2 aromatic heterocycles. The fraction of sp³-hybridized carbons (Fsp3) is 0.385. The van der Waals surface area contributed by atoms with E-state index in [-0.39, 0.29) is 5.78 Å². The predicted octanol–water partition coefficient (Wildman–Crippen LogP) is 2.48. The van der Waals surface area contributed by atoms with Gasteiger partial charge in [0.1, 0.15) is 5.76 Å². The third-order valence-corrected chi connectivity index (χ3v) is 2.66. The zero-order valence-corrected chi connectivity index (χ0v) is 10.1. The summed E-state index contributed by atoms with van der Waals surface area (Å²) in [6, 6.07) is 3.59. The van der Waals surface area contributed by atoms with Gasteiger partial charge in [0.25, 0.3) is 0 Å². The molecule has 0 unspecified atom stereocenters. The topological polar surface area (TPSA) is 48.0 Å². The van der Waals surface area contributed by atoms with E-state index in [1.165, 1.54) is 0 Å². The summed E-state index contributed by atoms with van der Waals surface area (Å²) in [7, 11) is 0. The number of rotatable bonds is 5. The summed E-state index contributed by atoms with van der Waals surface area (Å²) in [6.45, 7) is 4.83. The molecule has 4 nitrogen and oxygen atoms in total. The van der Waals surface area contributed by atoms with E-state index in [0.29, 0.717) is 12.2 Å². The number of aryl methyl sites for hydroxylation is 2. The van der Waals surface area contributed by atoms with E-state index < -0.39 is 0 Å². The highest BCUT2D eigenvalue weighted by molar-refractivity contribution is 5.94. The first-order chi connectivity index (χ1) is 8.22. The molecular formula is C13H16N2O2. The summed E-state index contributed by atoms with van der Waals surface area (Å²) in [4.78, 5) is 11.9. The molecule has 0 aliphatic rings. The van der Waals surface area contributed by atoms with Gasteiger partial charge in [-0.1, -0.05) is 6.92 Å². The van der Waals surface area contributed by atoms with Crippen molar-refractivity contribution >= 4 is 5.78 Å². The molecule has 0 saturated heterocycles. The number of carbonyl (C=O) groups excluding carboxylic acids is 1. The average Bonchev–Trinajstić information content (AvgIpc) is 2.96. The van der Waals surface area contributed by atoms with Gasteiger partial charge in [-0.15, -0.1) is 0 Å². The van der Waals surface area contributed by atoms with Crippen LogP contribution in [0.25, 0.3) is 0 Å². The van der Waals surface area contributed by atoms with Crippen LogP contribution in [0, 0.1) is 0 Å². The molecule has 0 bridgehead atoms. The van der Waals surface area contributed by atoms with Gasteiger partial charge in [0, 0.05) is 25.6 Å². The number of ketones is 1. The molecule has 90 valence electrons. The lowest BCUT2D eigenvalue weighted by Crippen LogP contribution is -2.01. The van der Waals surface area contributed by atoms with Gasteiger partial charge in [-0.3, -0.25) is 9.48 Å². The first kappa shape index (κ1) is 11.6. The Balaban J connectivity index is 2.05. The van der Waals surface area contributed by atoms with Gasteiger partial charge in [0.15, 0.2) is 5.76 Å². The molecule has 17 heavy (non-hydrogen) atoms. The monoisotopic (exact) mass is 232 g/mol. The van der Waals surface area contributed by atoms with E-state index >= 15 is 0 Å². The maximum Gasteiger partial charge on any atom is 0.202 e. The van der Waals surface area contributed by atoms with Crippen LogP contribution in [0.5, 0.6) is 0 Å². The van der Waals surface area contributed by atoms with Crippen molar-refractivity contribution in [3.05, 3.63) is 41.6 Å². The van der Waals surface area contributed by atoms with Crippen LogP contribution in [-0.4, -0.2) is 15.6 Å². The summed E-state index contributed by atoms with van der Waals surface area (Å²) in [5.41, 5.74) is 0.922. The third-order valence-electron chi connectivity index (χ3n) is 2.66. The van der Waals surface area contributed by atoms with Crippen LogP contribution in [0.3, 0.4) is 0 Å². The smallest absolute Gasteiger partial charge is 0.202 e. The third kappa shape index (κ3) is 2.64. The fourth-order valence-electron chi connectivity index (χ4n) is 1.66. The van der Waals surface area contributed by atoms with Gasteiger partial charge in [-0.05, 0) is 24.6 Å². The van der Waals surface area contributed by atoms with Crippen molar-refractivity contribution in [2.75, 3.05) is 0 Å². The van der Waals surface area contributed by atoms with Crippen molar-refractivity contribution in [2.24, 2.45) is 0 Å². The summed E-state index contributed by atoms with van der Waals surface area (Å²) >= 11 is 0. The van der Waals surface area contributed by atoms with Gasteiger partial charge < -0.3 is 4.42 Å². The molecule has 2 heterocycles. The van der Waals surface area contributed by atoms with Crippen LogP contribution in [0.1, 0.15) is 35.7 Å². The largest absolute Gasteiger partial charge is 0.458 e. The quantitative estimate of drug-likeness (QED) is 0.744. The van der Waals surface area contributed by atoms with Crippen LogP contribution in [0.2, 0.25) is 0 Å². The lowest BCUT2D eigenvalue weighted by atomic mass is 10.1. The summed E-state index contributed by atoms with van der Waals surface area (Å²) in [5.74, 6) is 1.28. The molecule has 2 aromatic rings. The van der Waals surface area contributed by atoms with Gasteiger partial charge in [0.05, 0.1) is 6.20 Å². The second-order valence-electron chi connectivity index (χ2n) is 3.92. The van der Waals surface area contributed by atoms with Crippen LogP contribution in [0.4, 0.5) is 0 Å². The SMILES string of the molecule is CCc1ccc(C(=O)Cc2cnn(CC)c2)o1. The van der Waals surface area contributed by atoms with Gasteiger partial charge in [-0.25, -0.2) is 0 Å². The molecule has 2 rings (SSSR count). The number of carbonyl (C=O) groups is 1. The maximum absolute atomic E-state index is 11.9. The molecular weight excluding hydrogens is 216 g/mol. The summed E-state index contributed by atoms with van der Waals surface area (Å²) < 4.78 is 7.23. The van der Waals surface area contributed by atoms with Crippen LogP contribution < -0.4 is 0 Å². The lowest BCUT2D eigenvalue weighted by Gasteiger charge is -1.95. The number of hydrogen-bond donors (Lipinski definition) is 0. The lowest BCUT2D eigenvalue weighted by molar-refractivity contribution is 0.0965. The van der Waals surface area contributed by atoms with Crippen LogP contribution >= 0.6 is 0 Å². The summed E-state index contributed by atoms with van der Waals surface area (Å²) in [5, 5.41) is 4.14. The van der Waals surface area contributed by atoms with E-state index in [1.807, 2.05) is 30.8 Å². The van der Waals surface area contributed by atoms with Crippen molar-refractivity contribution < 1.29 is 9.21 Å². The minimum Gasteiger partial charge on any atom is -0.458 e.